The van der Waals surface area contributed by atoms with Gasteiger partial charge in [0.15, 0.2) is 14.6 Å². The van der Waals surface area contributed by atoms with Crippen LogP contribution in [0.1, 0.15) is 33.6 Å². The summed E-state index contributed by atoms with van der Waals surface area (Å²) < 4.78 is 26.1. The number of hydrogen-bond acceptors (Lipinski definition) is 4. The van der Waals surface area contributed by atoms with Crippen LogP contribution in [0, 0.1) is 0 Å². The largest absolute Gasteiger partial charge is 0.544 e. The van der Waals surface area contributed by atoms with Crippen molar-refractivity contribution in [1.82, 2.24) is 0 Å². The molecule has 0 N–H and O–H groups in total. The van der Waals surface area contributed by atoms with Crippen molar-refractivity contribution in [2.75, 3.05) is 7.11 Å². The highest BCUT2D eigenvalue weighted by molar-refractivity contribution is 9.11. The quantitative estimate of drug-likeness (QED) is 0.542. The normalized spacial score (nSPS) is 31.6. The van der Waals surface area contributed by atoms with Crippen LogP contribution in [0.2, 0.25) is 37.8 Å². The summed E-state index contributed by atoms with van der Waals surface area (Å²) in [6.07, 6.45) is 1.13. The molecule has 24 heavy (non-hydrogen) atoms. The first-order chi connectivity index (χ1) is 10.7. The van der Waals surface area contributed by atoms with Gasteiger partial charge >= 0.3 is 0 Å². The summed E-state index contributed by atoms with van der Waals surface area (Å²) in [6, 6.07) is 0. The van der Waals surface area contributed by atoms with Gasteiger partial charge in [-0.15, -0.1) is 0 Å². The van der Waals surface area contributed by atoms with Crippen molar-refractivity contribution < 1.29 is 18.3 Å². The van der Waals surface area contributed by atoms with Crippen molar-refractivity contribution in [3.63, 3.8) is 0 Å². The second kappa shape index (κ2) is 6.49. The zero-order valence-electron chi connectivity index (χ0n) is 16.6. The highest BCUT2D eigenvalue weighted by Gasteiger charge is 2.59. The lowest BCUT2D eigenvalue weighted by atomic mass is 9.97. The molecule has 0 aromatic heterocycles. The molecular formula is C17H33BrO4Si2. The number of methoxy groups -OCH3 is 1. The Labute approximate surface area is 157 Å². The maximum atomic E-state index is 6.65. The third-order valence-corrected chi connectivity index (χ3v) is 11.2. The molecule has 0 bridgehead atoms. The van der Waals surface area contributed by atoms with Gasteiger partial charge in [0.25, 0.3) is 0 Å². The number of hydrogen-bond donors (Lipinski definition) is 0. The molecule has 140 valence electrons. The smallest absolute Gasteiger partial charge is 0.250 e. The van der Waals surface area contributed by atoms with Crippen LogP contribution in [0.4, 0.5) is 0 Å². The molecule has 0 aromatic carbocycles. The Morgan fingerprint density at radius 3 is 2.21 bits per heavy atom. The fourth-order valence-corrected chi connectivity index (χ4v) is 6.57. The van der Waals surface area contributed by atoms with Crippen LogP contribution >= 0.6 is 15.9 Å². The van der Waals surface area contributed by atoms with E-state index in [9.17, 15) is 0 Å². The molecule has 7 heteroatoms. The van der Waals surface area contributed by atoms with Crippen molar-refractivity contribution in [3.05, 3.63) is 10.2 Å². The molecule has 2 rings (SSSR count). The molecule has 1 aliphatic heterocycles. The van der Waals surface area contributed by atoms with E-state index in [1.165, 1.54) is 0 Å². The molecule has 0 amide bonds. The predicted molar refractivity (Wildman–Crippen MR) is 106 cm³/mol. The van der Waals surface area contributed by atoms with E-state index in [-0.39, 0.29) is 23.0 Å². The highest BCUT2D eigenvalue weighted by atomic mass is 79.9. The summed E-state index contributed by atoms with van der Waals surface area (Å²) in [5.74, 6) is 0.930. The lowest BCUT2D eigenvalue weighted by molar-refractivity contribution is -0.116. The van der Waals surface area contributed by atoms with Crippen LogP contribution in [0.3, 0.4) is 0 Å². The number of rotatable bonds is 5. The second-order valence-corrected chi connectivity index (χ2v) is 19.6. The van der Waals surface area contributed by atoms with Crippen LogP contribution in [-0.4, -0.2) is 41.7 Å². The Bertz CT molecular complexity index is 522. The molecular weight excluding hydrogens is 404 g/mol. The summed E-state index contributed by atoms with van der Waals surface area (Å²) in [5.41, 5.74) is -0.359. The van der Waals surface area contributed by atoms with Crippen LogP contribution in [0.5, 0.6) is 0 Å². The first-order valence-corrected chi connectivity index (χ1v) is 15.8. The standard InChI is InChI=1S/C17H33BrO4Si2/c1-16(2,3)24(8,9)21-14-12(18)10-17(22-23(5,6)7)11-13(19-4)20-15(14)17/h13,15H,10-11H2,1-9H3/t13-,15-,17+/m1/s1. The first kappa shape index (κ1) is 20.6. The fraction of sp³-hybridized carbons (Fsp3) is 0.882. The average Bonchev–Trinajstić information content (AvgIpc) is 2.80. The first-order valence-electron chi connectivity index (χ1n) is 8.67. The molecule has 1 fully saturated rings. The number of ether oxygens (including phenoxy) is 2. The van der Waals surface area contributed by atoms with E-state index in [2.05, 4.69) is 69.4 Å². The van der Waals surface area contributed by atoms with Crippen molar-refractivity contribution in [3.8, 4) is 0 Å². The minimum absolute atomic E-state index is 0.136. The maximum absolute atomic E-state index is 6.65. The second-order valence-electron chi connectivity index (χ2n) is 9.47. The van der Waals surface area contributed by atoms with Gasteiger partial charge in [0.05, 0.1) is 5.60 Å². The van der Waals surface area contributed by atoms with Crippen LogP contribution < -0.4 is 0 Å². The lowest BCUT2D eigenvalue weighted by Gasteiger charge is -2.40. The van der Waals surface area contributed by atoms with Crippen LogP contribution in [0.15, 0.2) is 10.2 Å². The minimum Gasteiger partial charge on any atom is -0.544 e. The SMILES string of the molecule is CO[C@H]1C[C@@]2(O[Si](C)(C)C)CC(Br)=C(O[Si](C)(C)C(C)(C)C)[C@H]2O1. The molecule has 1 heterocycles. The Kier molecular flexibility index (Phi) is 5.59. The predicted octanol–water partition coefficient (Wildman–Crippen LogP) is 5.37. The van der Waals surface area contributed by atoms with Gasteiger partial charge in [-0.25, -0.2) is 0 Å². The molecule has 0 aromatic rings. The zero-order valence-corrected chi connectivity index (χ0v) is 20.2. The van der Waals surface area contributed by atoms with E-state index in [0.717, 1.165) is 23.1 Å². The minimum atomic E-state index is -1.95. The molecule has 2 aliphatic rings. The Morgan fingerprint density at radius 1 is 1.17 bits per heavy atom. The molecule has 4 nitrogen and oxygen atoms in total. The van der Waals surface area contributed by atoms with E-state index < -0.39 is 16.6 Å². The van der Waals surface area contributed by atoms with E-state index >= 15 is 0 Å². The molecule has 1 aliphatic carbocycles. The van der Waals surface area contributed by atoms with E-state index in [1.54, 1.807) is 7.11 Å². The molecule has 0 radical (unpaired) electrons. The topological polar surface area (TPSA) is 36.9 Å². The van der Waals surface area contributed by atoms with Gasteiger partial charge in [-0.3, -0.25) is 0 Å². The zero-order chi connectivity index (χ0) is 18.6. The summed E-state index contributed by atoms with van der Waals surface area (Å²) >= 11 is 3.76. The monoisotopic (exact) mass is 436 g/mol. The molecule has 0 saturated carbocycles. The van der Waals surface area contributed by atoms with E-state index in [1.807, 2.05) is 0 Å². The summed E-state index contributed by atoms with van der Waals surface area (Å²) in [7, 11) is -1.99. The van der Waals surface area contributed by atoms with Crippen molar-refractivity contribution in [1.29, 1.82) is 0 Å². The Balaban J connectivity index is 2.32. The molecule has 1 saturated heterocycles. The Morgan fingerprint density at radius 2 is 1.75 bits per heavy atom. The van der Waals surface area contributed by atoms with Gasteiger partial charge in [0.1, 0.15) is 11.9 Å². The molecule has 0 spiro atoms. The Hall–Kier alpha value is 0.334. The third kappa shape index (κ3) is 4.01. The number of fused-ring (bicyclic) bond motifs is 1. The van der Waals surface area contributed by atoms with E-state index in [0.29, 0.717) is 0 Å². The van der Waals surface area contributed by atoms with E-state index in [4.69, 9.17) is 18.3 Å². The van der Waals surface area contributed by atoms with Gasteiger partial charge in [-0.1, -0.05) is 36.7 Å². The van der Waals surface area contributed by atoms with Gasteiger partial charge in [-0.05, 0) is 37.8 Å². The van der Waals surface area contributed by atoms with Crippen molar-refractivity contribution in [2.24, 2.45) is 0 Å². The summed E-state index contributed by atoms with van der Waals surface area (Å²) in [4.78, 5) is 0. The third-order valence-electron chi connectivity index (χ3n) is 5.18. The van der Waals surface area contributed by atoms with Crippen LogP contribution in [0.25, 0.3) is 0 Å². The summed E-state index contributed by atoms with van der Waals surface area (Å²) in [5, 5.41) is 0.136. The molecule has 0 unspecified atom stereocenters. The van der Waals surface area contributed by atoms with Gasteiger partial charge < -0.3 is 18.3 Å². The maximum Gasteiger partial charge on any atom is 0.250 e. The van der Waals surface area contributed by atoms with Crippen molar-refractivity contribution in [2.45, 2.75) is 89.4 Å². The average molecular weight is 438 g/mol. The number of halogens is 1. The molecule has 3 atom stereocenters. The summed E-state index contributed by atoms with van der Waals surface area (Å²) in [6.45, 7) is 18.0. The highest BCUT2D eigenvalue weighted by Crippen LogP contribution is 2.53. The van der Waals surface area contributed by atoms with Crippen molar-refractivity contribution >= 4 is 32.6 Å². The van der Waals surface area contributed by atoms with Gasteiger partial charge in [-0.2, -0.15) is 0 Å². The van der Waals surface area contributed by atoms with Crippen LogP contribution in [-0.2, 0) is 18.3 Å². The lowest BCUT2D eigenvalue weighted by Crippen LogP contribution is -2.48. The fourth-order valence-electron chi connectivity index (χ4n) is 3.09. The van der Waals surface area contributed by atoms with Gasteiger partial charge in [0.2, 0.25) is 8.32 Å². The van der Waals surface area contributed by atoms with Gasteiger partial charge in [0, 0.05) is 24.4 Å².